The van der Waals surface area contributed by atoms with Crippen LogP contribution in [0.1, 0.15) is 35.1 Å². The van der Waals surface area contributed by atoms with E-state index < -0.39 is 5.91 Å². The summed E-state index contributed by atoms with van der Waals surface area (Å²) in [4.78, 5) is 43.2. The van der Waals surface area contributed by atoms with Gasteiger partial charge in [-0.1, -0.05) is 12.1 Å². The monoisotopic (exact) mass is 613 g/mol. The lowest BCUT2D eigenvalue weighted by Crippen LogP contribution is -2.27. The first-order chi connectivity index (χ1) is 21.7. The zero-order valence-electron chi connectivity index (χ0n) is 25.9. The molecule has 1 aromatic carbocycles. The molecule has 3 aromatic heterocycles. The number of rotatable bonds is 12. The summed E-state index contributed by atoms with van der Waals surface area (Å²) in [5.41, 5.74) is 11.2. The Balaban J connectivity index is 0.000000222. The van der Waals surface area contributed by atoms with Crippen LogP contribution in [-0.4, -0.2) is 94.2 Å². The summed E-state index contributed by atoms with van der Waals surface area (Å²) in [5.74, 6) is 0.198. The molecule has 5 rings (SSSR count). The topological polar surface area (TPSA) is 181 Å². The lowest BCUT2D eigenvalue weighted by Gasteiger charge is -2.13. The second kappa shape index (κ2) is 15.4. The van der Waals surface area contributed by atoms with Crippen molar-refractivity contribution in [1.29, 1.82) is 0 Å². The molecule has 1 unspecified atom stereocenters. The molecule has 1 atom stereocenters. The number of allylic oxidation sites excluding steroid dienone is 1. The summed E-state index contributed by atoms with van der Waals surface area (Å²) in [6.07, 6.45) is 6.81. The number of ether oxygens (including phenoxy) is 1. The van der Waals surface area contributed by atoms with Gasteiger partial charge < -0.3 is 30.9 Å². The number of nitrogens with one attached hydrogen (secondary N) is 3. The molecular weight excluding hydrogens is 574 g/mol. The molecule has 4 heterocycles. The lowest BCUT2D eigenvalue weighted by atomic mass is 10.1. The van der Waals surface area contributed by atoms with Crippen LogP contribution in [0.25, 0.3) is 16.6 Å². The minimum atomic E-state index is -0.615. The molecule has 4 aromatic rings. The molecule has 0 radical (unpaired) electrons. The fraction of sp³-hybridized carbons (Fsp3) is 0.323. The number of anilines is 2. The maximum atomic E-state index is 11.0. The van der Waals surface area contributed by atoms with E-state index in [1.165, 1.54) is 12.3 Å². The van der Waals surface area contributed by atoms with Crippen LogP contribution in [0.5, 0.6) is 6.01 Å². The molecule has 236 valence electrons. The molecule has 0 aliphatic carbocycles. The fourth-order valence-electron chi connectivity index (χ4n) is 4.85. The first-order valence-corrected chi connectivity index (χ1v) is 14.4. The SMILES string of the molecule is C=N/C(=C(C)\C=N/CNc1cc(C)n(C)n1)c1c[nH]c2c(NC)cccc12.NC(=O)c1ccnc(OC2CCN(CC=O)C2)n1. The van der Waals surface area contributed by atoms with Crippen LogP contribution >= 0.6 is 0 Å². The molecule has 1 aliphatic rings. The smallest absolute Gasteiger partial charge is 0.317 e. The number of aldehydes is 1. The van der Waals surface area contributed by atoms with Gasteiger partial charge in [0, 0.05) is 68.5 Å². The minimum Gasteiger partial charge on any atom is -0.459 e. The zero-order valence-corrected chi connectivity index (χ0v) is 25.9. The van der Waals surface area contributed by atoms with Gasteiger partial charge in [-0.2, -0.15) is 10.1 Å². The summed E-state index contributed by atoms with van der Waals surface area (Å²) in [6, 6.07) is 9.69. The van der Waals surface area contributed by atoms with Crippen molar-refractivity contribution in [1.82, 2.24) is 29.6 Å². The van der Waals surface area contributed by atoms with Gasteiger partial charge in [0.1, 0.15) is 30.6 Å². The number of aliphatic imine (C=N–C) groups is 2. The van der Waals surface area contributed by atoms with Gasteiger partial charge in [-0.05, 0) is 44.7 Å². The Morgan fingerprint density at radius 2 is 2.16 bits per heavy atom. The number of fused-ring (bicyclic) bond motifs is 1. The Labute approximate surface area is 261 Å². The summed E-state index contributed by atoms with van der Waals surface area (Å²) in [5, 5.41) is 11.8. The molecule has 1 fully saturated rings. The second-order valence-corrected chi connectivity index (χ2v) is 10.4. The van der Waals surface area contributed by atoms with Crippen LogP contribution in [0.15, 0.2) is 58.3 Å². The Hall–Kier alpha value is -5.37. The number of hydrogen-bond donors (Lipinski definition) is 4. The van der Waals surface area contributed by atoms with Gasteiger partial charge in [0.25, 0.3) is 5.91 Å². The number of hydrogen-bond acceptors (Lipinski definition) is 11. The molecule has 45 heavy (non-hydrogen) atoms. The molecule has 0 saturated carbocycles. The van der Waals surface area contributed by atoms with E-state index in [9.17, 15) is 9.59 Å². The number of aromatic nitrogens is 5. The van der Waals surface area contributed by atoms with Crippen molar-refractivity contribution >= 4 is 53.2 Å². The predicted octanol–water partition coefficient (Wildman–Crippen LogP) is 3.05. The van der Waals surface area contributed by atoms with E-state index in [1.54, 1.807) is 0 Å². The van der Waals surface area contributed by atoms with Crippen molar-refractivity contribution in [3.05, 3.63) is 65.2 Å². The molecule has 1 aliphatic heterocycles. The van der Waals surface area contributed by atoms with Gasteiger partial charge in [-0.15, -0.1) is 0 Å². The number of nitrogens with zero attached hydrogens (tertiary/aromatic N) is 7. The molecule has 5 N–H and O–H groups in total. The van der Waals surface area contributed by atoms with E-state index >= 15 is 0 Å². The lowest BCUT2D eigenvalue weighted by molar-refractivity contribution is -0.108. The van der Waals surface area contributed by atoms with E-state index in [0.717, 1.165) is 64.2 Å². The second-order valence-electron chi connectivity index (χ2n) is 10.4. The minimum absolute atomic E-state index is 0.0620. The first-order valence-electron chi connectivity index (χ1n) is 14.4. The molecule has 14 nitrogen and oxygen atoms in total. The van der Waals surface area contributed by atoms with Crippen LogP contribution < -0.4 is 21.1 Å². The molecular formula is C31H39N11O3. The van der Waals surface area contributed by atoms with Crippen molar-refractivity contribution in [3.63, 3.8) is 0 Å². The van der Waals surface area contributed by atoms with Gasteiger partial charge >= 0.3 is 6.01 Å². The summed E-state index contributed by atoms with van der Waals surface area (Å²) >= 11 is 0. The summed E-state index contributed by atoms with van der Waals surface area (Å²) in [6.45, 7) is 10.0. The number of carbonyl (C=O) groups is 2. The molecule has 1 saturated heterocycles. The van der Waals surface area contributed by atoms with Gasteiger partial charge in [0.2, 0.25) is 0 Å². The molecule has 0 bridgehead atoms. The highest BCUT2D eigenvalue weighted by atomic mass is 16.5. The Bertz CT molecular complexity index is 1690. The Morgan fingerprint density at radius 1 is 1.33 bits per heavy atom. The van der Waals surface area contributed by atoms with E-state index in [-0.39, 0.29) is 17.8 Å². The number of amides is 1. The van der Waals surface area contributed by atoms with Crippen molar-refractivity contribution in [2.24, 2.45) is 22.8 Å². The van der Waals surface area contributed by atoms with Gasteiger partial charge in [0.15, 0.2) is 0 Å². The number of para-hydroxylation sites is 1. The van der Waals surface area contributed by atoms with Gasteiger partial charge in [0.05, 0.1) is 23.4 Å². The third-order valence-electron chi connectivity index (χ3n) is 7.24. The highest BCUT2D eigenvalue weighted by Gasteiger charge is 2.24. The number of aromatic amines is 1. The predicted molar refractivity (Wildman–Crippen MR) is 177 cm³/mol. The third kappa shape index (κ3) is 8.38. The first kappa shape index (κ1) is 32.5. The largest absolute Gasteiger partial charge is 0.459 e. The number of nitrogens with two attached hydrogens (primary N) is 1. The van der Waals surface area contributed by atoms with Gasteiger partial charge in [-0.25, -0.2) is 4.98 Å². The molecule has 14 heteroatoms. The average Bonchev–Trinajstić information content (AvgIpc) is 3.75. The number of carbonyl (C=O) groups excluding carboxylic acids is 2. The summed E-state index contributed by atoms with van der Waals surface area (Å²) in [7, 11) is 3.82. The molecule has 0 spiro atoms. The Morgan fingerprint density at radius 3 is 2.84 bits per heavy atom. The molecule has 1 amide bonds. The highest BCUT2D eigenvalue weighted by molar-refractivity contribution is 6.02. The van der Waals surface area contributed by atoms with Crippen LogP contribution in [0, 0.1) is 6.92 Å². The van der Waals surface area contributed by atoms with E-state index in [4.69, 9.17) is 10.5 Å². The standard InChI is InChI=1S/C20H25N7.C11H14N4O3/c1-13(10-23-12-25-18-9-14(2)27(5)26-18)19(22-4)16-11-24-20-15(16)7-6-8-17(20)21-3;12-10(17)9-1-3-13-11(14-9)18-8-2-4-15(7-8)5-6-16/h6-11,21,24H,4,12H2,1-3,5H3,(H,25,26);1,3,6,8H,2,4-5,7H2,(H2,12,17)/b19-13-,23-10-;. The number of benzene rings is 1. The third-order valence-corrected chi connectivity index (χ3v) is 7.24. The van der Waals surface area contributed by atoms with Gasteiger partial charge in [-0.3, -0.25) is 24.4 Å². The van der Waals surface area contributed by atoms with Crippen molar-refractivity contribution in [2.45, 2.75) is 26.4 Å². The zero-order chi connectivity index (χ0) is 32.3. The summed E-state index contributed by atoms with van der Waals surface area (Å²) < 4.78 is 7.38. The van der Waals surface area contributed by atoms with E-state index in [2.05, 4.69) is 53.5 Å². The maximum Gasteiger partial charge on any atom is 0.317 e. The highest BCUT2D eigenvalue weighted by Crippen LogP contribution is 2.31. The fourth-order valence-corrected chi connectivity index (χ4v) is 4.85. The van der Waals surface area contributed by atoms with Crippen molar-refractivity contribution < 1.29 is 14.3 Å². The van der Waals surface area contributed by atoms with Crippen LogP contribution in [0.2, 0.25) is 0 Å². The normalized spacial score (nSPS) is 15.3. The number of aryl methyl sites for hydroxylation is 2. The average molecular weight is 614 g/mol. The van der Waals surface area contributed by atoms with Crippen LogP contribution in [0.4, 0.5) is 11.5 Å². The van der Waals surface area contributed by atoms with Crippen LogP contribution in [0.3, 0.4) is 0 Å². The van der Waals surface area contributed by atoms with Crippen LogP contribution in [-0.2, 0) is 11.8 Å². The maximum absolute atomic E-state index is 11.0. The number of primary amides is 1. The quantitative estimate of drug-likeness (QED) is 0.138. The number of H-pyrrole nitrogens is 1. The Kier molecular flexibility index (Phi) is 11.1. The number of likely N-dealkylation sites (tertiary alicyclic amines) is 1. The van der Waals surface area contributed by atoms with E-state index in [1.807, 2.05) is 68.1 Å². The van der Waals surface area contributed by atoms with Crippen molar-refractivity contribution in [3.8, 4) is 6.01 Å². The van der Waals surface area contributed by atoms with Crippen molar-refractivity contribution in [2.75, 3.05) is 44.0 Å². The van der Waals surface area contributed by atoms with E-state index in [0.29, 0.717) is 19.8 Å².